The van der Waals surface area contributed by atoms with E-state index in [0.717, 1.165) is 27.8 Å². The normalized spacial score (nSPS) is 10.6. The molecule has 0 saturated heterocycles. The van der Waals surface area contributed by atoms with Crippen molar-refractivity contribution in [3.8, 4) is 16.9 Å². The van der Waals surface area contributed by atoms with E-state index < -0.39 is 0 Å². The van der Waals surface area contributed by atoms with Crippen molar-refractivity contribution >= 4 is 22.5 Å². The Morgan fingerprint density at radius 1 is 1.11 bits per heavy atom. The van der Waals surface area contributed by atoms with Gasteiger partial charge in [0.15, 0.2) is 0 Å². The maximum absolute atomic E-state index is 6.06. The lowest BCUT2D eigenvalue weighted by Crippen LogP contribution is -1.89. The monoisotopic (exact) mass is 270 g/mol. The molecule has 0 amide bonds. The minimum atomic E-state index is 0.672. The molecule has 0 N–H and O–H groups in total. The first-order chi connectivity index (χ1) is 9.28. The van der Waals surface area contributed by atoms with Crippen LogP contribution < -0.4 is 4.74 Å². The van der Waals surface area contributed by atoms with E-state index in [1.807, 2.05) is 24.3 Å². The van der Waals surface area contributed by atoms with Gasteiger partial charge >= 0.3 is 0 Å². The fraction of sp³-hybridized carbons (Fsp3) is 0.0667. The molecule has 0 fully saturated rings. The number of hydrogen-bond acceptors (Lipinski definition) is 3. The third-order valence-corrected chi connectivity index (χ3v) is 3.19. The Morgan fingerprint density at radius 2 is 2.00 bits per heavy atom. The van der Waals surface area contributed by atoms with Crippen LogP contribution in [0.2, 0.25) is 5.02 Å². The van der Waals surface area contributed by atoms with Crippen LogP contribution in [0.15, 0.2) is 48.9 Å². The standard InChI is InChI=1S/C15H11ClN2O/c1-19-15-3-2-12(16)7-13(15)11-6-10-4-5-17-9-14(10)18-8-11/h2-9H,1H3. The summed E-state index contributed by atoms with van der Waals surface area (Å²) in [5.74, 6) is 0.777. The predicted molar refractivity (Wildman–Crippen MR) is 76.5 cm³/mol. The molecular formula is C15H11ClN2O. The molecule has 4 heteroatoms. The zero-order chi connectivity index (χ0) is 13.2. The van der Waals surface area contributed by atoms with E-state index in [9.17, 15) is 0 Å². The van der Waals surface area contributed by atoms with Crippen molar-refractivity contribution in [1.82, 2.24) is 9.97 Å². The van der Waals surface area contributed by atoms with E-state index in [4.69, 9.17) is 16.3 Å². The number of rotatable bonds is 2. The lowest BCUT2D eigenvalue weighted by molar-refractivity contribution is 0.416. The van der Waals surface area contributed by atoms with Gasteiger partial charge in [-0.1, -0.05) is 11.6 Å². The lowest BCUT2D eigenvalue weighted by Gasteiger charge is -2.09. The molecule has 0 aliphatic heterocycles. The molecular weight excluding hydrogens is 260 g/mol. The molecule has 0 atom stereocenters. The zero-order valence-electron chi connectivity index (χ0n) is 10.3. The first-order valence-corrected chi connectivity index (χ1v) is 6.19. The summed E-state index contributed by atoms with van der Waals surface area (Å²) in [6, 6.07) is 9.53. The van der Waals surface area contributed by atoms with Crippen LogP contribution >= 0.6 is 11.6 Å². The minimum absolute atomic E-state index is 0.672. The topological polar surface area (TPSA) is 35.0 Å². The Balaban J connectivity index is 2.21. The highest BCUT2D eigenvalue weighted by atomic mass is 35.5. The molecule has 2 heterocycles. The Morgan fingerprint density at radius 3 is 2.84 bits per heavy atom. The van der Waals surface area contributed by atoms with Crippen molar-refractivity contribution in [1.29, 1.82) is 0 Å². The summed E-state index contributed by atoms with van der Waals surface area (Å²) in [6.45, 7) is 0. The minimum Gasteiger partial charge on any atom is -0.496 e. The van der Waals surface area contributed by atoms with Crippen LogP contribution in [0.1, 0.15) is 0 Å². The molecule has 0 saturated carbocycles. The number of pyridine rings is 2. The third kappa shape index (κ3) is 2.25. The van der Waals surface area contributed by atoms with Gasteiger partial charge in [-0.3, -0.25) is 9.97 Å². The molecule has 3 rings (SSSR count). The van der Waals surface area contributed by atoms with E-state index in [0.29, 0.717) is 5.02 Å². The largest absolute Gasteiger partial charge is 0.496 e. The van der Waals surface area contributed by atoms with E-state index >= 15 is 0 Å². The average Bonchev–Trinajstić information content (AvgIpc) is 2.46. The van der Waals surface area contributed by atoms with Crippen molar-refractivity contribution < 1.29 is 4.74 Å². The van der Waals surface area contributed by atoms with Gasteiger partial charge in [0.1, 0.15) is 5.75 Å². The number of ether oxygens (including phenoxy) is 1. The van der Waals surface area contributed by atoms with E-state index in [1.54, 1.807) is 25.7 Å². The summed E-state index contributed by atoms with van der Waals surface area (Å²) in [5.41, 5.74) is 2.77. The highest BCUT2D eigenvalue weighted by Gasteiger charge is 2.08. The second kappa shape index (κ2) is 4.86. The summed E-state index contributed by atoms with van der Waals surface area (Å²) < 4.78 is 5.37. The lowest BCUT2D eigenvalue weighted by atomic mass is 10.1. The van der Waals surface area contributed by atoms with Gasteiger partial charge in [0.05, 0.1) is 18.8 Å². The van der Waals surface area contributed by atoms with Crippen LogP contribution in [0.5, 0.6) is 5.75 Å². The third-order valence-electron chi connectivity index (χ3n) is 2.96. The van der Waals surface area contributed by atoms with Crippen molar-refractivity contribution in [2.75, 3.05) is 7.11 Å². The highest BCUT2D eigenvalue weighted by molar-refractivity contribution is 6.31. The van der Waals surface area contributed by atoms with Crippen LogP contribution in [-0.2, 0) is 0 Å². The number of aromatic nitrogens is 2. The van der Waals surface area contributed by atoms with E-state index in [2.05, 4.69) is 16.0 Å². The number of halogens is 1. The van der Waals surface area contributed by atoms with Crippen molar-refractivity contribution in [2.45, 2.75) is 0 Å². The van der Waals surface area contributed by atoms with Crippen molar-refractivity contribution in [2.24, 2.45) is 0 Å². The van der Waals surface area contributed by atoms with Crippen LogP contribution in [0, 0.1) is 0 Å². The molecule has 3 aromatic rings. The smallest absolute Gasteiger partial charge is 0.126 e. The maximum atomic E-state index is 6.06. The summed E-state index contributed by atoms with van der Waals surface area (Å²) in [6.07, 6.45) is 5.30. The SMILES string of the molecule is COc1ccc(Cl)cc1-c1cnc2cnccc2c1. The van der Waals surface area contributed by atoms with Crippen molar-refractivity contribution in [3.63, 3.8) is 0 Å². The number of nitrogens with zero attached hydrogens (tertiary/aromatic N) is 2. The van der Waals surface area contributed by atoms with Crippen LogP contribution in [-0.4, -0.2) is 17.1 Å². The van der Waals surface area contributed by atoms with E-state index in [-0.39, 0.29) is 0 Å². The van der Waals surface area contributed by atoms with Gasteiger partial charge in [-0.05, 0) is 30.3 Å². The fourth-order valence-electron chi connectivity index (χ4n) is 2.02. The summed E-state index contributed by atoms with van der Waals surface area (Å²) in [4.78, 5) is 8.46. The van der Waals surface area contributed by atoms with E-state index in [1.165, 1.54) is 0 Å². The van der Waals surface area contributed by atoms with Gasteiger partial charge in [0.2, 0.25) is 0 Å². The summed E-state index contributed by atoms with van der Waals surface area (Å²) >= 11 is 6.06. The molecule has 19 heavy (non-hydrogen) atoms. The average molecular weight is 271 g/mol. The molecule has 3 nitrogen and oxygen atoms in total. The van der Waals surface area contributed by atoms with Gasteiger partial charge in [-0.25, -0.2) is 0 Å². The molecule has 94 valence electrons. The van der Waals surface area contributed by atoms with Crippen LogP contribution in [0.4, 0.5) is 0 Å². The Hall–Kier alpha value is -2.13. The molecule has 0 bridgehead atoms. The molecule has 0 aliphatic carbocycles. The molecule has 2 aromatic heterocycles. The van der Waals surface area contributed by atoms with Gasteiger partial charge < -0.3 is 4.74 Å². The van der Waals surface area contributed by atoms with Crippen LogP contribution in [0.25, 0.3) is 22.0 Å². The first-order valence-electron chi connectivity index (χ1n) is 5.81. The van der Waals surface area contributed by atoms with Gasteiger partial charge in [0, 0.05) is 33.9 Å². The molecule has 0 aliphatic rings. The number of benzene rings is 1. The quantitative estimate of drug-likeness (QED) is 0.707. The highest BCUT2D eigenvalue weighted by Crippen LogP contribution is 2.33. The second-order valence-corrected chi connectivity index (χ2v) is 4.57. The maximum Gasteiger partial charge on any atom is 0.126 e. The molecule has 1 aromatic carbocycles. The van der Waals surface area contributed by atoms with Gasteiger partial charge in [-0.15, -0.1) is 0 Å². The van der Waals surface area contributed by atoms with Gasteiger partial charge in [-0.2, -0.15) is 0 Å². The summed E-state index contributed by atoms with van der Waals surface area (Å²) in [5, 5.41) is 1.71. The van der Waals surface area contributed by atoms with Crippen molar-refractivity contribution in [3.05, 3.63) is 53.9 Å². The fourth-order valence-corrected chi connectivity index (χ4v) is 2.20. The summed E-state index contributed by atoms with van der Waals surface area (Å²) in [7, 11) is 1.64. The Labute approximate surface area is 115 Å². The number of methoxy groups -OCH3 is 1. The molecule has 0 spiro atoms. The number of fused-ring (bicyclic) bond motifs is 1. The Kier molecular flexibility index (Phi) is 3.05. The van der Waals surface area contributed by atoms with Crippen LogP contribution in [0.3, 0.4) is 0 Å². The Bertz CT molecular complexity index is 743. The van der Waals surface area contributed by atoms with Gasteiger partial charge in [0.25, 0.3) is 0 Å². The predicted octanol–water partition coefficient (Wildman–Crippen LogP) is 3.96. The molecule has 0 radical (unpaired) electrons. The first kappa shape index (κ1) is 11.9. The second-order valence-electron chi connectivity index (χ2n) is 4.14. The molecule has 0 unspecified atom stereocenters. The zero-order valence-corrected chi connectivity index (χ0v) is 11.1. The number of hydrogen-bond donors (Lipinski definition) is 0.